The molecule has 0 fully saturated rings. The van der Waals surface area contributed by atoms with Crippen LogP contribution in [0.1, 0.15) is 16.7 Å². The third-order valence-electron chi connectivity index (χ3n) is 5.72. The van der Waals surface area contributed by atoms with E-state index >= 15 is 0 Å². The van der Waals surface area contributed by atoms with Crippen molar-refractivity contribution in [2.45, 2.75) is 18.0 Å². The van der Waals surface area contributed by atoms with Gasteiger partial charge in [0.25, 0.3) is 5.91 Å². The fourth-order valence-corrected chi connectivity index (χ4v) is 5.38. The van der Waals surface area contributed by atoms with E-state index in [1.165, 1.54) is 42.6 Å². The van der Waals surface area contributed by atoms with Crippen LogP contribution in [0.25, 0.3) is 0 Å². The molecule has 0 unspecified atom stereocenters. The van der Waals surface area contributed by atoms with Crippen LogP contribution in [-0.2, 0) is 28.0 Å². The summed E-state index contributed by atoms with van der Waals surface area (Å²) in [4.78, 5) is 12.7. The van der Waals surface area contributed by atoms with Crippen molar-refractivity contribution >= 4 is 45.3 Å². The highest BCUT2D eigenvalue weighted by Crippen LogP contribution is 2.25. The van der Waals surface area contributed by atoms with Crippen molar-refractivity contribution < 1.29 is 22.3 Å². The van der Waals surface area contributed by atoms with E-state index in [1.807, 2.05) is 36.4 Å². The van der Waals surface area contributed by atoms with Gasteiger partial charge in [-0.05, 0) is 54.1 Å². The first-order valence-electron chi connectivity index (χ1n) is 12.0. The number of benzene rings is 4. The lowest BCUT2D eigenvalue weighted by molar-refractivity contribution is -0.121. The summed E-state index contributed by atoms with van der Waals surface area (Å²) in [5.41, 5.74) is 3.85. The van der Waals surface area contributed by atoms with Gasteiger partial charge in [-0.25, -0.2) is 18.2 Å². The summed E-state index contributed by atoms with van der Waals surface area (Å²) in [6, 6.07) is 26.2. The summed E-state index contributed by atoms with van der Waals surface area (Å²) >= 11 is 12.0. The minimum atomic E-state index is -4.25. The summed E-state index contributed by atoms with van der Waals surface area (Å²) in [6.45, 7) is -0.795. The lowest BCUT2D eigenvalue weighted by Gasteiger charge is -2.22. The van der Waals surface area contributed by atoms with Crippen molar-refractivity contribution in [3.63, 3.8) is 0 Å². The van der Waals surface area contributed by atoms with Crippen molar-refractivity contribution in [2.75, 3.05) is 6.54 Å². The van der Waals surface area contributed by atoms with E-state index < -0.39 is 34.8 Å². The molecule has 0 aromatic heterocycles. The Kier molecular flexibility index (Phi) is 9.89. The average molecular weight is 600 g/mol. The first kappa shape index (κ1) is 29.2. The molecule has 0 saturated heterocycles. The molecule has 4 aromatic carbocycles. The van der Waals surface area contributed by atoms with Gasteiger partial charge in [0.1, 0.15) is 18.2 Å². The molecule has 0 atom stereocenters. The van der Waals surface area contributed by atoms with E-state index in [-0.39, 0.29) is 15.5 Å². The molecule has 206 valence electrons. The molecule has 7 nitrogen and oxygen atoms in total. The van der Waals surface area contributed by atoms with Crippen LogP contribution >= 0.6 is 23.2 Å². The van der Waals surface area contributed by atoms with Gasteiger partial charge in [-0.15, -0.1) is 0 Å². The number of amides is 1. The van der Waals surface area contributed by atoms with Crippen LogP contribution < -0.4 is 10.2 Å². The maximum atomic E-state index is 14.5. The monoisotopic (exact) mass is 599 g/mol. The Bertz CT molecular complexity index is 1580. The molecular formula is C29H24Cl2FN3O4S. The van der Waals surface area contributed by atoms with Gasteiger partial charge in [0, 0.05) is 27.7 Å². The number of nitrogens with zero attached hydrogens (tertiary/aromatic N) is 2. The minimum absolute atomic E-state index is 0.0295. The molecule has 0 saturated carbocycles. The predicted octanol–water partition coefficient (Wildman–Crippen LogP) is 6.05. The summed E-state index contributed by atoms with van der Waals surface area (Å²) in [7, 11) is -4.25. The van der Waals surface area contributed by atoms with Crippen LogP contribution in [0, 0.1) is 5.82 Å². The maximum absolute atomic E-state index is 14.5. The average Bonchev–Trinajstić information content (AvgIpc) is 2.94. The Morgan fingerprint density at radius 1 is 0.925 bits per heavy atom. The topological polar surface area (TPSA) is 88.1 Å². The quantitative estimate of drug-likeness (QED) is 0.168. The SMILES string of the molecule is O=C(CN(Cc1c(F)cccc1Cl)S(=O)(=O)c1ccc(Cl)cc1)N/N=C\c1ccccc1OCc1ccccc1. The van der Waals surface area contributed by atoms with Gasteiger partial charge in [0.2, 0.25) is 10.0 Å². The molecule has 0 aliphatic rings. The number of rotatable bonds is 11. The zero-order chi connectivity index (χ0) is 28.5. The van der Waals surface area contributed by atoms with E-state index in [0.29, 0.717) is 22.9 Å². The second-order valence-electron chi connectivity index (χ2n) is 8.53. The molecule has 1 amide bonds. The van der Waals surface area contributed by atoms with Crippen LogP contribution in [0.2, 0.25) is 10.0 Å². The van der Waals surface area contributed by atoms with Gasteiger partial charge in [0.05, 0.1) is 17.7 Å². The van der Waals surface area contributed by atoms with Crippen molar-refractivity contribution in [3.05, 3.63) is 130 Å². The van der Waals surface area contributed by atoms with Crippen LogP contribution in [-0.4, -0.2) is 31.4 Å². The summed E-state index contributed by atoms with van der Waals surface area (Å²) in [5, 5.41) is 4.34. The smallest absolute Gasteiger partial charge is 0.255 e. The second-order valence-corrected chi connectivity index (χ2v) is 11.3. The number of nitrogens with one attached hydrogen (secondary N) is 1. The number of carbonyl (C=O) groups excluding carboxylic acids is 1. The standard InChI is InChI=1S/C29H24Cl2FN3O4S/c30-23-13-15-24(16-14-23)40(37,38)35(18-25-26(31)10-6-11-27(25)32)19-29(36)34-33-17-22-9-4-5-12-28(22)39-20-21-7-2-1-3-8-21/h1-17H,18-20H2,(H,34,36)/b33-17-. The number of carbonyl (C=O) groups is 1. The normalized spacial score (nSPS) is 11.6. The number of hydrazone groups is 1. The zero-order valence-corrected chi connectivity index (χ0v) is 23.3. The van der Waals surface area contributed by atoms with Gasteiger partial charge in [-0.3, -0.25) is 4.79 Å². The molecular weight excluding hydrogens is 576 g/mol. The third kappa shape index (κ3) is 7.67. The third-order valence-corrected chi connectivity index (χ3v) is 8.13. The van der Waals surface area contributed by atoms with Crippen molar-refractivity contribution in [2.24, 2.45) is 5.10 Å². The molecule has 0 bridgehead atoms. The molecule has 0 heterocycles. The van der Waals surface area contributed by atoms with Crippen LogP contribution in [0.15, 0.2) is 107 Å². The highest BCUT2D eigenvalue weighted by Gasteiger charge is 2.28. The Hall–Kier alpha value is -3.76. The first-order valence-corrected chi connectivity index (χ1v) is 14.2. The molecule has 0 aliphatic heterocycles. The van der Waals surface area contributed by atoms with Gasteiger partial charge < -0.3 is 4.74 Å². The van der Waals surface area contributed by atoms with Gasteiger partial charge >= 0.3 is 0 Å². The van der Waals surface area contributed by atoms with E-state index in [0.717, 1.165) is 15.9 Å². The lowest BCUT2D eigenvalue weighted by Crippen LogP contribution is -2.39. The Morgan fingerprint density at radius 3 is 2.35 bits per heavy atom. The molecule has 0 radical (unpaired) electrons. The molecule has 4 aromatic rings. The summed E-state index contributed by atoms with van der Waals surface area (Å²) in [5.74, 6) is -0.899. The van der Waals surface area contributed by atoms with Gasteiger partial charge in [-0.1, -0.05) is 71.7 Å². The first-order chi connectivity index (χ1) is 19.2. The molecule has 4 rings (SSSR count). The molecule has 0 aliphatic carbocycles. The Balaban J connectivity index is 1.50. The van der Waals surface area contributed by atoms with Gasteiger partial charge in [-0.2, -0.15) is 9.41 Å². The van der Waals surface area contributed by atoms with Crippen molar-refractivity contribution in [3.8, 4) is 5.75 Å². The van der Waals surface area contributed by atoms with Crippen LogP contribution in [0.3, 0.4) is 0 Å². The fraction of sp³-hybridized carbons (Fsp3) is 0.103. The highest BCUT2D eigenvalue weighted by molar-refractivity contribution is 7.89. The van der Waals surface area contributed by atoms with E-state index in [4.69, 9.17) is 27.9 Å². The molecule has 1 N–H and O–H groups in total. The highest BCUT2D eigenvalue weighted by atomic mass is 35.5. The largest absolute Gasteiger partial charge is 0.488 e. The van der Waals surface area contributed by atoms with E-state index in [9.17, 15) is 17.6 Å². The summed E-state index contributed by atoms with van der Waals surface area (Å²) in [6.07, 6.45) is 1.39. The lowest BCUT2D eigenvalue weighted by atomic mass is 10.2. The Morgan fingerprint density at radius 2 is 1.62 bits per heavy atom. The van der Waals surface area contributed by atoms with Crippen molar-refractivity contribution in [1.82, 2.24) is 9.73 Å². The van der Waals surface area contributed by atoms with Gasteiger partial charge in [0.15, 0.2) is 0 Å². The molecule has 0 spiro atoms. The van der Waals surface area contributed by atoms with E-state index in [1.54, 1.807) is 18.2 Å². The Labute approximate surface area is 241 Å². The minimum Gasteiger partial charge on any atom is -0.488 e. The second kappa shape index (κ2) is 13.5. The number of sulfonamides is 1. The summed E-state index contributed by atoms with van der Waals surface area (Å²) < 4.78 is 48.1. The number of ether oxygens (including phenoxy) is 1. The number of hydrogen-bond acceptors (Lipinski definition) is 5. The molecule has 11 heteroatoms. The number of para-hydroxylation sites is 1. The predicted molar refractivity (Wildman–Crippen MR) is 153 cm³/mol. The van der Waals surface area contributed by atoms with E-state index in [2.05, 4.69) is 10.5 Å². The number of halogens is 3. The zero-order valence-electron chi connectivity index (χ0n) is 21.0. The van der Waals surface area contributed by atoms with Crippen LogP contribution in [0.4, 0.5) is 4.39 Å². The molecule has 40 heavy (non-hydrogen) atoms. The van der Waals surface area contributed by atoms with Crippen LogP contribution in [0.5, 0.6) is 5.75 Å². The fourth-order valence-electron chi connectivity index (χ4n) is 3.66. The van der Waals surface area contributed by atoms with Crippen molar-refractivity contribution in [1.29, 1.82) is 0 Å². The maximum Gasteiger partial charge on any atom is 0.255 e. The number of hydrogen-bond donors (Lipinski definition) is 1.